The molecule has 0 aliphatic rings. The van der Waals surface area contributed by atoms with Crippen LogP contribution in [-0.2, 0) is 12.2 Å². The van der Waals surface area contributed by atoms with Crippen molar-refractivity contribution in [1.82, 2.24) is 15.0 Å². The number of aromatic nitrogens is 3. The Morgan fingerprint density at radius 3 is 3.00 bits per heavy atom. The van der Waals surface area contributed by atoms with Crippen LogP contribution in [0.4, 0.5) is 0 Å². The molecule has 2 aromatic rings. The Morgan fingerprint density at radius 2 is 2.31 bits per heavy atom. The van der Waals surface area contributed by atoms with E-state index in [1.54, 1.807) is 24.4 Å². The van der Waals surface area contributed by atoms with Crippen molar-refractivity contribution in [2.75, 3.05) is 0 Å². The van der Waals surface area contributed by atoms with Gasteiger partial charge in [0.1, 0.15) is 12.6 Å². The van der Waals surface area contributed by atoms with Crippen molar-refractivity contribution in [3.63, 3.8) is 0 Å². The number of nitrogens with zero attached hydrogens (tertiary/aromatic N) is 3. The smallest absolute Gasteiger partial charge is 0.204 e. The maximum atomic E-state index is 5.29. The lowest BCUT2D eigenvalue weighted by atomic mass is 10.3. The molecule has 0 N–H and O–H groups in total. The second-order valence-corrected chi connectivity index (χ2v) is 4.38. The Balaban J connectivity index is 2.04. The van der Waals surface area contributed by atoms with Gasteiger partial charge in [-0.15, -0.1) is 11.8 Å². The van der Waals surface area contributed by atoms with Gasteiger partial charge in [0.05, 0.1) is 17.1 Å². The van der Waals surface area contributed by atoms with Crippen molar-refractivity contribution in [2.24, 2.45) is 0 Å². The van der Waals surface area contributed by atoms with E-state index in [2.05, 4.69) is 21.9 Å². The molecule has 0 fully saturated rings. The van der Waals surface area contributed by atoms with Gasteiger partial charge in [0, 0.05) is 11.1 Å². The summed E-state index contributed by atoms with van der Waals surface area (Å²) in [5.74, 6) is 1.46. The molecule has 16 heavy (non-hydrogen) atoms. The molecular formula is C11H13N3OS. The van der Waals surface area contributed by atoms with Crippen LogP contribution in [0, 0.1) is 6.92 Å². The third kappa shape index (κ3) is 2.61. The lowest BCUT2D eigenvalue weighted by Gasteiger charge is -2.03. The van der Waals surface area contributed by atoms with Gasteiger partial charge in [-0.2, -0.15) is 0 Å². The van der Waals surface area contributed by atoms with E-state index in [0.29, 0.717) is 5.75 Å². The lowest BCUT2D eigenvalue weighted by Crippen LogP contribution is -1.92. The molecule has 2 rings (SSSR count). The second-order valence-electron chi connectivity index (χ2n) is 3.36. The van der Waals surface area contributed by atoms with Gasteiger partial charge in [0.2, 0.25) is 5.89 Å². The Kier molecular flexibility index (Phi) is 3.56. The van der Waals surface area contributed by atoms with Crippen molar-refractivity contribution in [3.8, 4) is 0 Å². The summed E-state index contributed by atoms with van der Waals surface area (Å²) in [5, 5.41) is 0. The average Bonchev–Trinajstić information content (AvgIpc) is 2.73. The molecule has 0 spiro atoms. The predicted molar refractivity (Wildman–Crippen MR) is 62.2 cm³/mol. The fraction of sp³-hybridized carbons (Fsp3) is 0.364. The molecule has 0 aliphatic heterocycles. The molecule has 4 nitrogen and oxygen atoms in total. The summed E-state index contributed by atoms with van der Waals surface area (Å²) in [6, 6.07) is 0. The van der Waals surface area contributed by atoms with E-state index < -0.39 is 0 Å². The van der Waals surface area contributed by atoms with E-state index in [9.17, 15) is 0 Å². The fourth-order valence-corrected chi connectivity index (χ4v) is 2.25. The molecule has 0 atom stereocenters. The normalized spacial score (nSPS) is 10.6. The summed E-state index contributed by atoms with van der Waals surface area (Å²) in [6.07, 6.45) is 6.00. The van der Waals surface area contributed by atoms with E-state index in [1.165, 1.54) is 0 Å². The zero-order valence-corrected chi connectivity index (χ0v) is 10.1. The van der Waals surface area contributed by atoms with Crippen LogP contribution < -0.4 is 0 Å². The van der Waals surface area contributed by atoms with Gasteiger partial charge in [0.15, 0.2) is 0 Å². The van der Waals surface area contributed by atoms with Crippen molar-refractivity contribution in [2.45, 2.75) is 30.9 Å². The van der Waals surface area contributed by atoms with Gasteiger partial charge in [-0.05, 0) is 13.3 Å². The van der Waals surface area contributed by atoms with E-state index in [1.807, 2.05) is 13.1 Å². The molecule has 0 radical (unpaired) electrons. The molecule has 5 heteroatoms. The van der Waals surface area contributed by atoms with Gasteiger partial charge >= 0.3 is 0 Å². The van der Waals surface area contributed by atoms with Crippen LogP contribution in [0.1, 0.15) is 24.2 Å². The number of aryl methyl sites for hydroxylation is 2. The maximum absolute atomic E-state index is 5.29. The molecule has 0 bridgehead atoms. The third-order valence-electron chi connectivity index (χ3n) is 2.11. The third-order valence-corrected chi connectivity index (χ3v) is 3.15. The Hall–Kier alpha value is -1.36. The van der Waals surface area contributed by atoms with Crippen LogP contribution in [0.5, 0.6) is 0 Å². The van der Waals surface area contributed by atoms with Gasteiger partial charge in [0.25, 0.3) is 0 Å². The SMILES string of the molecule is CCc1ncncc1SCc1nc(C)co1. The van der Waals surface area contributed by atoms with E-state index in [-0.39, 0.29) is 0 Å². The first-order valence-electron chi connectivity index (χ1n) is 5.12. The summed E-state index contributed by atoms with van der Waals surface area (Å²) in [7, 11) is 0. The van der Waals surface area contributed by atoms with Crippen LogP contribution in [0.3, 0.4) is 0 Å². The average molecular weight is 235 g/mol. The molecule has 2 heterocycles. The van der Waals surface area contributed by atoms with E-state index >= 15 is 0 Å². The van der Waals surface area contributed by atoms with Crippen LogP contribution in [0.2, 0.25) is 0 Å². The van der Waals surface area contributed by atoms with Crippen LogP contribution in [0.15, 0.2) is 28.1 Å². The van der Waals surface area contributed by atoms with Gasteiger partial charge in [-0.1, -0.05) is 6.92 Å². The fourth-order valence-electron chi connectivity index (χ4n) is 1.34. The van der Waals surface area contributed by atoms with E-state index in [4.69, 9.17) is 4.42 Å². The second kappa shape index (κ2) is 5.12. The van der Waals surface area contributed by atoms with Gasteiger partial charge < -0.3 is 4.42 Å². The molecule has 84 valence electrons. The largest absolute Gasteiger partial charge is 0.448 e. The quantitative estimate of drug-likeness (QED) is 0.762. The highest BCUT2D eigenvalue weighted by Crippen LogP contribution is 2.24. The van der Waals surface area contributed by atoms with E-state index in [0.717, 1.165) is 28.6 Å². The molecule has 0 aromatic carbocycles. The minimum atomic E-state index is 0.716. The summed E-state index contributed by atoms with van der Waals surface area (Å²) >= 11 is 1.66. The highest BCUT2D eigenvalue weighted by molar-refractivity contribution is 7.98. The Morgan fingerprint density at radius 1 is 1.44 bits per heavy atom. The highest BCUT2D eigenvalue weighted by Gasteiger charge is 2.06. The number of rotatable bonds is 4. The standard InChI is InChI=1S/C11H13N3OS/c1-3-9-10(4-12-7-13-9)16-6-11-14-8(2)5-15-11/h4-5,7H,3,6H2,1-2H3. The molecule has 0 amide bonds. The van der Waals surface area contributed by atoms with Crippen molar-refractivity contribution >= 4 is 11.8 Å². The Bertz CT molecular complexity index is 470. The van der Waals surface area contributed by atoms with Crippen molar-refractivity contribution in [1.29, 1.82) is 0 Å². The monoisotopic (exact) mass is 235 g/mol. The molecule has 0 saturated carbocycles. The molecule has 2 aromatic heterocycles. The first-order valence-corrected chi connectivity index (χ1v) is 6.11. The van der Waals surface area contributed by atoms with Crippen LogP contribution in [-0.4, -0.2) is 15.0 Å². The number of hydrogen-bond acceptors (Lipinski definition) is 5. The zero-order chi connectivity index (χ0) is 11.4. The molecule has 0 saturated heterocycles. The highest BCUT2D eigenvalue weighted by atomic mass is 32.2. The summed E-state index contributed by atoms with van der Waals surface area (Å²) in [6.45, 7) is 4.00. The first-order chi connectivity index (χ1) is 7.79. The van der Waals surface area contributed by atoms with Gasteiger partial charge in [-0.3, -0.25) is 0 Å². The summed E-state index contributed by atoms with van der Waals surface area (Å²) in [4.78, 5) is 13.6. The Labute approximate surface area is 98.5 Å². The number of thioether (sulfide) groups is 1. The minimum Gasteiger partial charge on any atom is -0.448 e. The molecule has 0 aliphatic carbocycles. The molecular weight excluding hydrogens is 222 g/mol. The first kappa shape index (κ1) is 11.1. The topological polar surface area (TPSA) is 51.8 Å². The number of oxazole rings is 1. The summed E-state index contributed by atoms with van der Waals surface area (Å²) < 4.78 is 5.29. The molecule has 0 unspecified atom stereocenters. The van der Waals surface area contributed by atoms with Crippen LogP contribution in [0.25, 0.3) is 0 Å². The summed E-state index contributed by atoms with van der Waals surface area (Å²) in [5.41, 5.74) is 1.99. The van der Waals surface area contributed by atoms with Crippen LogP contribution >= 0.6 is 11.8 Å². The minimum absolute atomic E-state index is 0.716. The van der Waals surface area contributed by atoms with Crippen molar-refractivity contribution < 1.29 is 4.42 Å². The maximum Gasteiger partial charge on any atom is 0.204 e. The van der Waals surface area contributed by atoms with Gasteiger partial charge in [-0.25, -0.2) is 15.0 Å². The predicted octanol–water partition coefficient (Wildman–Crippen LogP) is 2.63. The van der Waals surface area contributed by atoms with Crippen molar-refractivity contribution in [3.05, 3.63) is 36.1 Å². The lowest BCUT2D eigenvalue weighted by molar-refractivity contribution is 0.516. The number of hydrogen-bond donors (Lipinski definition) is 0. The zero-order valence-electron chi connectivity index (χ0n) is 9.30.